The van der Waals surface area contributed by atoms with E-state index in [1.165, 1.54) is 0 Å². The van der Waals surface area contributed by atoms with Gasteiger partial charge in [-0.15, -0.1) is 0 Å². The number of ether oxygens (including phenoxy) is 1. The fourth-order valence-electron chi connectivity index (χ4n) is 1.64. The zero-order valence-electron chi connectivity index (χ0n) is 10.7. The summed E-state index contributed by atoms with van der Waals surface area (Å²) >= 11 is 3.39. The van der Waals surface area contributed by atoms with Gasteiger partial charge in [0.05, 0.1) is 13.2 Å². The third-order valence-electron chi connectivity index (χ3n) is 2.63. The van der Waals surface area contributed by atoms with Gasteiger partial charge in [0.15, 0.2) is 0 Å². The Kier molecular flexibility index (Phi) is 6.15. The second-order valence-electron chi connectivity index (χ2n) is 4.07. The Balaban J connectivity index is 2.62. The lowest BCUT2D eigenvalue weighted by Gasteiger charge is -2.13. The van der Waals surface area contributed by atoms with Gasteiger partial charge in [-0.1, -0.05) is 29.3 Å². The molecular weight excluding hydrogens is 296 g/mol. The van der Waals surface area contributed by atoms with Crippen LogP contribution < -0.4 is 15.8 Å². The zero-order chi connectivity index (χ0) is 13.5. The first-order valence-corrected chi connectivity index (χ1v) is 6.73. The molecule has 0 saturated heterocycles. The quantitative estimate of drug-likeness (QED) is 0.846. The van der Waals surface area contributed by atoms with E-state index in [2.05, 4.69) is 21.2 Å². The molecule has 0 spiro atoms. The van der Waals surface area contributed by atoms with Crippen molar-refractivity contribution in [3.63, 3.8) is 0 Å². The van der Waals surface area contributed by atoms with Crippen LogP contribution in [0.4, 0.5) is 0 Å². The lowest BCUT2D eigenvalue weighted by molar-refractivity contribution is -0.122. The molecule has 0 aromatic heterocycles. The third kappa shape index (κ3) is 4.31. The molecule has 0 aliphatic heterocycles. The lowest BCUT2D eigenvalue weighted by Crippen LogP contribution is -2.40. The first kappa shape index (κ1) is 15.0. The number of methoxy groups -OCH3 is 1. The summed E-state index contributed by atoms with van der Waals surface area (Å²) in [6, 6.07) is 5.24. The molecule has 0 aliphatic carbocycles. The molecule has 1 atom stereocenters. The Hall–Kier alpha value is -1.07. The monoisotopic (exact) mass is 314 g/mol. The van der Waals surface area contributed by atoms with E-state index in [9.17, 15) is 4.79 Å². The van der Waals surface area contributed by atoms with E-state index in [-0.39, 0.29) is 5.91 Å². The van der Waals surface area contributed by atoms with Crippen molar-refractivity contribution in [2.75, 3.05) is 7.11 Å². The van der Waals surface area contributed by atoms with Gasteiger partial charge >= 0.3 is 0 Å². The fourth-order valence-corrected chi connectivity index (χ4v) is 2.05. The van der Waals surface area contributed by atoms with E-state index >= 15 is 0 Å². The van der Waals surface area contributed by atoms with Gasteiger partial charge in [0.2, 0.25) is 5.91 Å². The van der Waals surface area contributed by atoms with Crippen molar-refractivity contribution in [3.8, 4) is 5.75 Å². The minimum atomic E-state index is -0.437. The van der Waals surface area contributed by atoms with E-state index in [0.29, 0.717) is 13.0 Å². The van der Waals surface area contributed by atoms with Crippen LogP contribution in [-0.2, 0) is 11.3 Å². The number of rotatable bonds is 6. The molecule has 1 aromatic carbocycles. The Morgan fingerprint density at radius 3 is 2.89 bits per heavy atom. The van der Waals surface area contributed by atoms with Crippen LogP contribution in [0.2, 0.25) is 0 Å². The molecule has 100 valence electrons. The number of benzene rings is 1. The van der Waals surface area contributed by atoms with Crippen LogP contribution >= 0.6 is 15.9 Å². The number of amides is 1. The summed E-state index contributed by atoms with van der Waals surface area (Å²) < 4.78 is 6.19. The number of carbonyl (C=O) groups excluding carboxylic acids is 1. The summed E-state index contributed by atoms with van der Waals surface area (Å²) in [6.45, 7) is 2.42. The molecule has 0 bridgehead atoms. The first-order chi connectivity index (χ1) is 8.58. The molecule has 4 nitrogen and oxygen atoms in total. The largest absolute Gasteiger partial charge is 0.496 e. The first-order valence-electron chi connectivity index (χ1n) is 5.94. The van der Waals surface area contributed by atoms with Gasteiger partial charge in [0, 0.05) is 16.6 Å². The normalized spacial score (nSPS) is 12.0. The van der Waals surface area contributed by atoms with Crippen molar-refractivity contribution in [2.45, 2.75) is 32.4 Å². The number of nitrogens with two attached hydrogens (primary N) is 1. The molecule has 1 unspecified atom stereocenters. The van der Waals surface area contributed by atoms with E-state index < -0.39 is 6.04 Å². The molecule has 0 radical (unpaired) electrons. The SMILES string of the molecule is CCCC(N)C(=O)NCc1cc(Br)ccc1OC. The third-order valence-corrected chi connectivity index (χ3v) is 3.13. The lowest BCUT2D eigenvalue weighted by atomic mass is 10.1. The predicted molar refractivity (Wildman–Crippen MR) is 75.4 cm³/mol. The Labute approximate surface area is 116 Å². The number of halogens is 1. The van der Waals surface area contributed by atoms with Gasteiger partial charge in [0.25, 0.3) is 0 Å². The van der Waals surface area contributed by atoms with Crippen molar-refractivity contribution in [1.29, 1.82) is 0 Å². The highest BCUT2D eigenvalue weighted by Gasteiger charge is 2.12. The summed E-state index contributed by atoms with van der Waals surface area (Å²) in [5, 5.41) is 2.82. The number of hydrogen-bond donors (Lipinski definition) is 2. The number of nitrogens with one attached hydrogen (secondary N) is 1. The van der Waals surface area contributed by atoms with E-state index in [1.54, 1.807) is 7.11 Å². The van der Waals surface area contributed by atoms with Gasteiger partial charge in [0.1, 0.15) is 5.75 Å². The van der Waals surface area contributed by atoms with Crippen LogP contribution in [0.1, 0.15) is 25.3 Å². The minimum absolute atomic E-state index is 0.126. The van der Waals surface area contributed by atoms with Gasteiger partial charge in [-0.2, -0.15) is 0 Å². The Bertz CT molecular complexity index is 410. The van der Waals surface area contributed by atoms with Crippen LogP contribution in [0.15, 0.2) is 22.7 Å². The number of carbonyl (C=O) groups is 1. The molecule has 1 rings (SSSR count). The summed E-state index contributed by atoms with van der Waals surface area (Å²) in [6.07, 6.45) is 1.59. The summed E-state index contributed by atoms with van der Waals surface area (Å²) in [7, 11) is 1.61. The van der Waals surface area contributed by atoms with Gasteiger partial charge in [-0.3, -0.25) is 4.79 Å². The molecule has 0 saturated carbocycles. The van der Waals surface area contributed by atoms with Crippen molar-refractivity contribution in [3.05, 3.63) is 28.2 Å². The van der Waals surface area contributed by atoms with E-state index in [4.69, 9.17) is 10.5 Å². The van der Waals surface area contributed by atoms with Gasteiger partial charge < -0.3 is 15.8 Å². The smallest absolute Gasteiger partial charge is 0.237 e. The van der Waals surface area contributed by atoms with E-state index in [1.807, 2.05) is 25.1 Å². The molecule has 18 heavy (non-hydrogen) atoms. The average molecular weight is 315 g/mol. The highest BCUT2D eigenvalue weighted by atomic mass is 79.9. The predicted octanol–water partition coefficient (Wildman–Crippen LogP) is 2.20. The maximum atomic E-state index is 11.7. The Morgan fingerprint density at radius 1 is 1.56 bits per heavy atom. The standard InChI is InChI=1S/C13H19BrN2O2/c1-3-4-11(15)13(17)16-8-9-7-10(14)5-6-12(9)18-2/h5-7,11H,3-4,8,15H2,1-2H3,(H,16,17). The van der Waals surface area contributed by atoms with E-state index in [0.717, 1.165) is 22.2 Å². The molecule has 1 amide bonds. The summed E-state index contributed by atoms with van der Waals surface area (Å²) in [5.74, 6) is 0.626. The molecular formula is C13H19BrN2O2. The molecule has 1 aromatic rings. The maximum absolute atomic E-state index is 11.7. The van der Waals surface area contributed by atoms with Crippen molar-refractivity contribution in [2.24, 2.45) is 5.73 Å². The highest BCUT2D eigenvalue weighted by molar-refractivity contribution is 9.10. The molecule has 0 heterocycles. The molecule has 0 fully saturated rings. The van der Waals surface area contributed by atoms with Crippen molar-refractivity contribution < 1.29 is 9.53 Å². The van der Waals surface area contributed by atoms with Gasteiger partial charge in [-0.05, 0) is 24.6 Å². The molecule has 3 N–H and O–H groups in total. The maximum Gasteiger partial charge on any atom is 0.237 e. The van der Waals surface area contributed by atoms with Crippen LogP contribution in [0, 0.1) is 0 Å². The van der Waals surface area contributed by atoms with Crippen molar-refractivity contribution >= 4 is 21.8 Å². The minimum Gasteiger partial charge on any atom is -0.496 e. The van der Waals surface area contributed by atoms with Crippen LogP contribution in [0.3, 0.4) is 0 Å². The van der Waals surface area contributed by atoms with Crippen molar-refractivity contribution in [1.82, 2.24) is 5.32 Å². The second-order valence-corrected chi connectivity index (χ2v) is 4.98. The zero-order valence-corrected chi connectivity index (χ0v) is 12.3. The highest BCUT2D eigenvalue weighted by Crippen LogP contribution is 2.22. The average Bonchev–Trinajstić information content (AvgIpc) is 2.36. The Morgan fingerprint density at radius 2 is 2.28 bits per heavy atom. The number of hydrogen-bond acceptors (Lipinski definition) is 3. The topological polar surface area (TPSA) is 64.4 Å². The van der Waals surface area contributed by atoms with Crippen LogP contribution in [0.5, 0.6) is 5.75 Å². The van der Waals surface area contributed by atoms with Crippen LogP contribution in [-0.4, -0.2) is 19.1 Å². The van der Waals surface area contributed by atoms with Crippen LogP contribution in [0.25, 0.3) is 0 Å². The molecule has 5 heteroatoms. The van der Waals surface area contributed by atoms with Gasteiger partial charge in [-0.25, -0.2) is 0 Å². The second kappa shape index (κ2) is 7.38. The molecule has 0 aliphatic rings. The fraction of sp³-hybridized carbons (Fsp3) is 0.462. The summed E-state index contributed by atoms with van der Waals surface area (Å²) in [4.78, 5) is 11.7. The summed E-state index contributed by atoms with van der Waals surface area (Å²) in [5.41, 5.74) is 6.66.